The van der Waals surface area contributed by atoms with Crippen molar-refractivity contribution in [2.24, 2.45) is 5.92 Å². The first-order chi connectivity index (χ1) is 10.1. The van der Waals surface area contributed by atoms with Crippen LogP contribution < -0.4 is 0 Å². The molecule has 0 aromatic carbocycles. The third-order valence-corrected chi connectivity index (χ3v) is 3.73. The number of carboxylic acids is 1. The Bertz CT molecular complexity index is 336. The molecule has 130 valence electrons. The van der Waals surface area contributed by atoms with Crippen LogP contribution in [0.15, 0.2) is 0 Å². The quantitative estimate of drug-likeness (QED) is 0.341. The number of carboxylic acid groups (broad SMARTS) is 1. The van der Waals surface area contributed by atoms with E-state index < -0.39 is 12.1 Å². The first kappa shape index (κ1) is 20.9. The Kier molecular flexibility index (Phi) is 10.1. The van der Waals surface area contributed by atoms with Gasteiger partial charge >= 0.3 is 11.9 Å². The first-order valence-electron chi connectivity index (χ1n) is 8.35. The summed E-state index contributed by atoms with van der Waals surface area (Å²) in [6.45, 7) is 4.94. The summed E-state index contributed by atoms with van der Waals surface area (Å²) in [5, 5.41) is 8.92. The average molecular weight is 316 g/mol. The highest BCUT2D eigenvalue weighted by molar-refractivity contribution is 5.71. The van der Waals surface area contributed by atoms with Gasteiger partial charge in [0.15, 0.2) is 6.10 Å². The van der Waals surface area contributed by atoms with Crippen LogP contribution in [-0.4, -0.2) is 55.3 Å². The number of likely N-dealkylation sites (N-methyl/N-ethyl adjacent to an activating group) is 1. The maximum absolute atomic E-state index is 11.9. The van der Waals surface area contributed by atoms with E-state index in [1.807, 2.05) is 21.1 Å². The first-order valence-corrected chi connectivity index (χ1v) is 8.35. The lowest BCUT2D eigenvalue weighted by molar-refractivity contribution is -0.873. The summed E-state index contributed by atoms with van der Waals surface area (Å²) < 4.78 is 5.92. The summed E-state index contributed by atoms with van der Waals surface area (Å²) in [6, 6.07) is 0. The topological polar surface area (TPSA) is 63.6 Å². The molecule has 0 fully saturated rings. The minimum Gasteiger partial charge on any atom is -0.481 e. The highest BCUT2D eigenvalue weighted by Gasteiger charge is 2.24. The molecule has 0 saturated carbocycles. The van der Waals surface area contributed by atoms with Gasteiger partial charge in [-0.25, -0.2) is 0 Å². The molecule has 22 heavy (non-hydrogen) atoms. The van der Waals surface area contributed by atoms with Crippen molar-refractivity contribution < 1.29 is 23.9 Å². The van der Waals surface area contributed by atoms with Gasteiger partial charge in [-0.2, -0.15) is 0 Å². The van der Waals surface area contributed by atoms with E-state index in [0.29, 0.717) is 17.4 Å². The van der Waals surface area contributed by atoms with Gasteiger partial charge < -0.3 is 14.3 Å². The molecule has 5 nitrogen and oxygen atoms in total. The van der Waals surface area contributed by atoms with E-state index in [0.717, 1.165) is 25.2 Å². The minimum absolute atomic E-state index is 0.130. The van der Waals surface area contributed by atoms with Crippen molar-refractivity contribution in [2.75, 3.05) is 27.7 Å². The van der Waals surface area contributed by atoms with E-state index in [4.69, 9.17) is 9.84 Å². The van der Waals surface area contributed by atoms with E-state index >= 15 is 0 Å². The maximum Gasteiger partial charge on any atom is 0.307 e. The lowest BCUT2D eigenvalue weighted by Gasteiger charge is -2.28. The van der Waals surface area contributed by atoms with Gasteiger partial charge in [0.1, 0.15) is 6.54 Å². The average Bonchev–Trinajstić information content (AvgIpc) is 2.34. The largest absolute Gasteiger partial charge is 0.481 e. The Labute approximate surface area is 135 Å². The predicted octanol–water partition coefficient (Wildman–Crippen LogP) is 3.08. The molecule has 0 aromatic rings. The molecule has 5 heteroatoms. The van der Waals surface area contributed by atoms with Gasteiger partial charge in [-0.1, -0.05) is 39.5 Å². The van der Waals surface area contributed by atoms with Crippen LogP contribution in [0, 0.1) is 5.92 Å². The maximum atomic E-state index is 11.9. The fraction of sp³-hybridized carbons (Fsp3) is 0.882. The summed E-state index contributed by atoms with van der Waals surface area (Å²) in [7, 11) is 5.87. The van der Waals surface area contributed by atoms with Crippen LogP contribution in [0.2, 0.25) is 0 Å². The smallest absolute Gasteiger partial charge is 0.307 e. The number of ether oxygens (including phenoxy) is 1. The van der Waals surface area contributed by atoms with Crippen LogP contribution in [0.5, 0.6) is 0 Å². The van der Waals surface area contributed by atoms with Crippen LogP contribution >= 0.6 is 0 Å². The van der Waals surface area contributed by atoms with E-state index in [1.54, 1.807) is 0 Å². The van der Waals surface area contributed by atoms with Crippen molar-refractivity contribution in [3.8, 4) is 0 Å². The van der Waals surface area contributed by atoms with Crippen molar-refractivity contribution >= 4 is 11.9 Å². The number of esters is 1. The highest BCUT2D eigenvalue weighted by atomic mass is 16.5. The van der Waals surface area contributed by atoms with Crippen molar-refractivity contribution in [1.82, 2.24) is 0 Å². The molecule has 0 saturated heterocycles. The molecule has 0 aliphatic rings. The van der Waals surface area contributed by atoms with Gasteiger partial charge in [0.25, 0.3) is 0 Å². The SMILES string of the molecule is CCC(C)CCCCCC(=O)OC(CC(=O)O)C[N+](C)(C)C. The van der Waals surface area contributed by atoms with Gasteiger partial charge in [-0.15, -0.1) is 0 Å². The lowest BCUT2D eigenvalue weighted by atomic mass is 10.0. The van der Waals surface area contributed by atoms with Crippen LogP contribution in [0.1, 0.15) is 58.8 Å². The van der Waals surface area contributed by atoms with E-state index in [9.17, 15) is 9.59 Å². The molecule has 0 bridgehead atoms. The summed E-state index contributed by atoms with van der Waals surface area (Å²) in [6.07, 6.45) is 5.09. The number of quaternary nitrogens is 1. The number of hydrogen-bond acceptors (Lipinski definition) is 3. The molecule has 1 N–H and O–H groups in total. The lowest BCUT2D eigenvalue weighted by Crippen LogP contribution is -2.43. The Balaban J connectivity index is 4.04. The Morgan fingerprint density at radius 2 is 1.77 bits per heavy atom. The number of unbranched alkanes of at least 4 members (excludes halogenated alkanes) is 2. The monoisotopic (exact) mass is 316 g/mol. The standard InChI is InChI=1S/C17H33NO4/c1-6-14(2)10-8-7-9-11-17(21)22-15(12-16(19)20)13-18(3,4)5/h14-15H,6-13H2,1-5H3/p+1. The second kappa shape index (κ2) is 10.6. The third kappa shape index (κ3) is 12.6. The molecule has 2 atom stereocenters. The highest BCUT2D eigenvalue weighted by Crippen LogP contribution is 2.14. The van der Waals surface area contributed by atoms with Gasteiger partial charge in [0.2, 0.25) is 0 Å². The van der Waals surface area contributed by atoms with E-state index in [2.05, 4.69) is 13.8 Å². The van der Waals surface area contributed by atoms with Crippen molar-refractivity contribution in [3.63, 3.8) is 0 Å². The molecule has 0 aromatic heterocycles. The fourth-order valence-electron chi connectivity index (χ4n) is 2.34. The minimum atomic E-state index is -0.931. The zero-order valence-electron chi connectivity index (χ0n) is 14.9. The third-order valence-electron chi connectivity index (χ3n) is 3.73. The summed E-state index contributed by atoms with van der Waals surface area (Å²) in [5.41, 5.74) is 0. The van der Waals surface area contributed by atoms with Gasteiger partial charge in [-0.05, 0) is 12.3 Å². The number of carbonyl (C=O) groups is 2. The molecule has 0 spiro atoms. The summed E-state index contributed by atoms with van der Waals surface area (Å²) >= 11 is 0. The summed E-state index contributed by atoms with van der Waals surface area (Å²) in [5.74, 6) is -0.459. The molecule has 2 unspecified atom stereocenters. The molecular formula is C17H34NO4+. The van der Waals surface area contributed by atoms with Crippen LogP contribution in [0.25, 0.3) is 0 Å². The number of aliphatic carboxylic acids is 1. The Morgan fingerprint density at radius 3 is 2.27 bits per heavy atom. The van der Waals surface area contributed by atoms with Crippen LogP contribution in [0.3, 0.4) is 0 Å². The second-order valence-corrected chi connectivity index (χ2v) is 7.30. The van der Waals surface area contributed by atoms with Crippen molar-refractivity contribution in [1.29, 1.82) is 0 Å². The zero-order valence-corrected chi connectivity index (χ0v) is 14.9. The van der Waals surface area contributed by atoms with E-state index in [1.165, 1.54) is 12.8 Å². The Hall–Kier alpha value is -1.10. The normalized spacial score (nSPS) is 14.4. The van der Waals surface area contributed by atoms with Gasteiger partial charge in [0.05, 0.1) is 27.6 Å². The van der Waals surface area contributed by atoms with Crippen LogP contribution in [0.4, 0.5) is 0 Å². The molecule has 0 heterocycles. The van der Waals surface area contributed by atoms with E-state index in [-0.39, 0.29) is 12.4 Å². The number of hydrogen-bond donors (Lipinski definition) is 1. The fourth-order valence-corrected chi connectivity index (χ4v) is 2.34. The summed E-state index contributed by atoms with van der Waals surface area (Å²) in [4.78, 5) is 22.7. The molecule has 0 amide bonds. The van der Waals surface area contributed by atoms with Gasteiger partial charge in [-0.3, -0.25) is 9.59 Å². The van der Waals surface area contributed by atoms with Crippen LogP contribution in [-0.2, 0) is 14.3 Å². The van der Waals surface area contributed by atoms with Crippen molar-refractivity contribution in [3.05, 3.63) is 0 Å². The Morgan fingerprint density at radius 1 is 1.14 bits per heavy atom. The number of rotatable bonds is 12. The number of nitrogens with zero attached hydrogens (tertiary/aromatic N) is 1. The number of carbonyl (C=O) groups excluding carboxylic acids is 1. The zero-order chi connectivity index (χ0) is 17.2. The van der Waals surface area contributed by atoms with Crippen molar-refractivity contribution in [2.45, 2.75) is 64.9 Å². The second-order valence-electron chi connectivity index (χ2n) is 7.30. The molecule has 0 aliphatic carbocycles. The molecule has 0 aliphatic heterocycles. The molecule has 0 radical (unpaired) electrons. The van der Waals surface area contributed by atoms with Gasteiger partial charge in [0, 0.05) is 6.42 Å². The predicted molar refractivity (Wildman–Crippen MR) is 87.6 cm³/mol. The molecular weight excluding hydrogens is 282 g/mol. The molecule has 0 rings (SSSR count).